The lowest BCUT2D eigenvalue weighted by Crippen LogP contribution is -2.42. The van der Waals surface area contributed by atoms with E-state index in [0.717, 1.165) is 26.3 Å². The molecule has 5 nitrogen and oxygen atoms in total. The molecule has 1 N–H and O–H groups in total. The maximum Gasteiger partial charge on any atom is 0.253 e. The van der Waals surface area contributed by atoms with Gasteiger partial charge in [0.2, 0.25) is 5.91 Å². The van der Waals surface area contributed by atoms with E-state index < -0.39 is 16.1 Å². The highest BCUT2D eigenvalue weighted by Crippen LogP contribution is 2.32. The molecule has 1 amide bonds. The van der Waals surface area contributed by atoms with Gasteiger partial charge in [-0.05, 0) is 78.0 Å². The highest BCUT2D eigenvalue weighted by Gasteiger charge is 2.40. The summed E-state index contributed by atoms with van der Waals surface area (Å²) in [6.07, 6.45) is 1.21. The van der Waals surface area contributed by atoms with Crippen LogP contribution in [0.3, 0.4) is 0 Å². The number of nitrogens with one attached hydrogen (secondary N) is 1. The first kappa shape index (κ1) is 18.6. The number of anilines is 1. The summed E-state index contributed by atoms with van der Waals surface area (Å²) in [6.45, 7) is 4.35. The van der Waals surface area contributed by atoms with Crippen molar-refractivity contribution in [1.29, 1.82) is 0 Å². The van der Waals surface area contributed by atoms with Gasteiger partial charge in [0.25, 0.3) is 10.0 Å². The Morgan fingerprint density at radius 1 is 1.24 bits per heavy atom. The van der Waals surface area contributed by atoms with E-state index in [2.05, 4.69) is 21.2 Å². The number of aryl methyl sites for hydroxylation is 2. The average molecular weight is 443 g/mol. The molecule has 0 aliphatic carbocycles. The van der Waals surface area contributed by atoms with Crippen molar-refractivity contribution in [1.82, 2.24) is 4.31 Å². The third-order valence-corrected chi connectivity index (χ3v) is 8.39. The van der Waals surface area contributed by atoms with Gasteiger partial charge in [0.05, 0.1) is 3.79 Å². The predicted molar refractivity (Wildman–Crippen MR) is 103 cm³/mol. The first-order valence-electron chi connectivity index (χ1n) is 7.94. The summed E-state index contributed by atoms with van der Waals surface area (Å²) in [5.74, 6) is -0.278. The molecule has 1 aliphatic heterocycles. The number of halogens is 1. The molecule has 134 valence electrons. The number of hydrogen-bond acceptors (Lipinski definition) is 4. The molecule has 0 bridgehead atoms. The summed E-state index contributed by atoms with van der Waals surface area (Å²) in [5.41, 5.74) is 2.92. The monoisotopic (exact) mass is 442 g/mol. The molecule has 1 saturated heterocycles. The van der Waals surface area contributed by atoms with Crippen LogP contribution in [0.4, 0.5) is 5.69 Å². The zero-order valence-corrected chi connectivity index (χ0v) is 17.2. The minimum absolute atomic E-state index is 0.255. The van der Waals surface area contributed by atoms with Crippen LogP contribution >= 0.6 is 27.3 Å². The Morgan fingerprint density at radius 2 is 2.00 bits per heavy atom. The second-order valence-electron chi connectivity index (χ2n) is 6.12. The molecule has 0 radical (unpaired) electrons. The minimum atomic E-state index is -3.66. The van der Waals surface area contributed by atoms with Gasteiger partial charge in [0.15, 0.2) is 0 Å². The Morgan fingerprint density at radius 3 is 2.64 bits per heavy atom. The van der Waals surface area contributed by atoms with Crippen LogP contribution in [0.15, 0.2) is 38.3 Å². The van der Waals surface area contributed by atoms with Crippen molar-refractivity contribution in [2.45, 2.75) is 36.9 Å². The van der Waals surface area contributed by atoms with Crippen LogP contribution in [0, 0.1) is 13.8 Å². The molecule has 1 fully saturated rings. The Hall–Kier alpha value is -1.22. The fourth-order valence-corrected chi connectivity index (χ4v) is 6.68. The Balaban J connectivity index is 1.81. The van der Waals surface area contributed by atoms with Gasteiger partial charge in [0.1, 0.15) is 10.3 Å². The zero-order chi connectivity index (χ0) is 18.2. The fourth-order valence-electron chi connectivity index (χ4n) is 2.89. The maximum absolute atomic E-state index is 12.8. The molecular formula is C17H19BrN2O3S2. The molecule has 8 heteroatoms. The molecule has 0 spiro atoms. The quantitative estimate of drug-likeness (QED) is 0.779. The summed E-state index contributed by atoms with van der Waals surface area (Å²) in [6, 6.07) is 8.28. The predicted octanol–water partition coefficient (Wildman–Crippen LogP) is 3.92. The number of rotatable bonds is 4. The van der Waals surface area contributed by atoms with Crippen LogP contribution in [0.2, 0.25) is 0 Å². The van der Waals surface area contributed by atoms with Gasteiger partial charge in [0, 0.05) is 12.2 Å². The molecule has 1 atom stereocenters. The van der Waals surface area contributed by atoms with Crippen molar-refractivity contribution < 1.29 is 13.2 Å². The average Bonchev–Trinajstić information content (AvgIpc) is 3.20. The first-order chi connectivity index (χ1) is 11.8. The van der Waals surface area contributed by atoms with Gasteiger partial charge >= 0.3 is 0 Å². The summed E-state index contributed by atoms with van der Waals surface area (Å²) < 4.78 is 28.0. The lowest BCUT2D eigenvalue weighted by atomic mass is 10.1. The second-order valence-corrected chi connectivity index (χ2v) is 10.7. The Kier molecular flexibility index (Phi) is 5.34. The number of carbonyl (C=O) groups excluding carboxylic acids is 1. The van der Waals surface area contributed by atoms with Gasteiger partial charge < -0.3 is 5.32 Å². The van der Waals surface area contributed by atoms with Crippen molar-refractivity contribution >= 4 is 48.9 Å². The summed E-state index contributed by atoms with van der Waals surface area (Å²) in [5, 5.41) is 2.86. The van der Waals surface area contributed by atoms with E-state index >= 15 is 0 Å². The first-order valence-corrected chi connectivity index (χ1v) is 11.0. The topological polar surface area (TPSA) is 66.5 Å². The van der Waals surface area contributed by atoms with Gasteiger partial charge in [-0.25, -0.2) is 8.42 Å². The van der Waals surface area contributed by atoms with Crippen LogP contribution in [-0.4, -0.2) is 31.2 Å². The standard InChI is InChI=1S/C17H19BrN2O3S2/c1-11-5-6-13(10-12(11)2)19-17(21)14-4-3-9-20(14)25(22,23)16-8-7-15(18)24-16/h5-8,10,14H,3-4,9H2,1-2H3,(H,19,21). The third kappa shape index (κ3) is 3.81. The molecule has 2 aromatic rings. The largest absolute Gasteiger partial charge is 0.325 e. The Bertz CT molecular complexity index is 908. The summed E-state index contributed by atoms with van der Waals surface area (Å²) >= 11 is 4.45. The van der Waals surface area contributed by atoms with Crippen molar-refractivity contribution in [2.24, 2.45) is 0 Å². The molecule has 1 unspecified atom stereocenters. The molecule has 25 heavy (non-hydrogen) atoms. The lowest BCUT2D eigenvalue weighted by molar-refractivity contribution is -0.119. The number of amides is 1. The molecule has 1 aliphatic rings. The van der Waals surface area contributed by atoms with E-state index in [9.17, 15) is 13.2 Å². The fraction of sp³-hybridized carbons (Fsp3) is 0.353. The van der Waals surface area contributed by atoms with Crippen molar-refractivity contribution in [3.63, 3.8) is 0 Å². The highest BCUT2D eigenvalue weighted by molar-refractivity contribution is 9.11. The molecule has 1 aromatic heterocycles. The van der Waals surface area contributed by atoms with Crippen LogP contribution in [-0.2, 0) is 14.8 Å². The van der Waals surface area contributed by atoms with Crippen LogP contribution < -0.4 is 5.32 Å². The van der Waals surface area contributed by atoms with Crippen LogP contribution in [0.5, 0.6) is 0 Å². The maximum atomic E-state index is 12.8. The SMILES string of the molecule is Cc1ccc(NC(=O)C2CCCN2S(=O)(=O)c2ccc(Br)s2)cc1C. The van der Waals surface area contributed by atoms with Gasteiger partial charge in [-0.1, -0.05) is 6.07 Å². The summed E-state index contributed by atoms with van der Waals surface area (Å²) in [7, 11) is -3.66. The number of nitrogens with zero attached hydrogens (tertiary/aromatic N) is 1. The van der Waals surface area contributed by atoms with E-state index in [1.165, 1.54) is 4.31 Å². The second kappa shape index (κ2) is 7.19. The number of sulfonamides is 1. The van der Waals surface area contributed by atoms with Gasteiger partial charge in [-0.3, -0.25) is 4.79 Å². The molecule has 1 aromatic carbocycles. The summed E-state index contributed by atoms with van der Waals surface area (Å²) in [4.78, 5) is 12.7. The van der Waals surface area contributed by atoms with Crippen molar-refractivity contribution in [2.75, 3.05) is 11.9 Å². The molecule has 0 saturated carbocycles. The molecular weight excluding hydrogens is 424 g/mol. The van der Waals surface area contributed by atoms with Gasteiger partial charge in [-0.2, -0.15) is 4.31 Å². The highest BCUT2D eigenvalue weighted by atomic mass is 79.9. The van der Waals surface area contributed by atoms with E-state index in [4.69, 9.17) is 0 Å². The third-order valence-electron chi connectivity index (χ3n) is 4.39. The number of thiophene rings is 1. The van der Waals surface area contributed by atoms with Gasteiger partial charge in [-0.15, -0.1) is 11.3 Å². The Labute approximate surface area is 160 Å². The van der Waals surface area contributed by atoms with E-state index in [1.54, 1.807) is 12.1 Å². The molecule has 2 heterocycles. The van der Waals surface area contributed by atoms with E-state index in [0.29, 0.717) is 25.1 Å². The van der Waals surface area contributed by atoms with E-state index in [1.807, 2.05) is 32.0 Å². The lowest BCUT2D eigenvalue weighted by Gasteiger charge is -2.22. The smallest absolute Gasteiger partial charge is 0.253 e. The van der Waals surface area contributed by atoms with Crippen LogP contribution in [0.25, 0.3) is 0 Å². The van der Waals surface area contributed by atoms with Crippen molar-refractivity contribution in [3.05, 3.63) is 45.2 Å². The van der Waals surface area contributed by atoms with Crippen molar-refractivity contribution in [3.8, 4) is 0 Å². The number of carbonyl (C=O) groups is 1. The zero-order valence-electron chi connectivity index (χ0n) is 14.0. The molecule has 3 rings (SSSR count). The van der Waals surface area contributed by atoms with Crippen LogP contribution in [0.1, 0.15) is 24.0 Å². The normalized spacial score (nSPS) is 18.4. The minimum Gasteiger partial charge on any atom is -0.325 e. The number of benzene rings is 1. The van der Waals surface area contributed by atoms with E-state index in [-0.39, 0.29) is 10.1 Å². The number of hydrogen-bond donors (Lipinski definition) is 1.